The molecule has 1 aliphatic rings. The normalized spacial score (nSPS) is 19.2. The summed E-state index contributed by atoms with van der Waals surface area (Å²) in [6.07, 6.45) is -2.23. The average Bonchev–Trinajstić information content (AvgIpc) is 2.91. The molecule has 1 heterocycles. The van der Waals surface area contributed by atoms with E-state index >= 15 is 0 Å². The molecule has 0 spiro atoms. The molecule has 2 rings (SSSR count). The Morgan fingerprint density at radius 3 is 2.52 bits per heavy atom. The zero-order valence-electron chi connectivity index (χ0n) is 12.1. The van der Waals surface area contributed by atoms with Crippen LogP contribution in [0.2, 0.25) is 0 Å². The number of benzene rings is 1. The summed E-state index contributed by atoms with van der Waals surface area (Å²) in [5.41, 5.74) is 0.990. The molecule has 1 unspecified atom stereocenters. The fourth-order valence-corrected chi connectivity index (χ4v) is 2.58. The quantitative estimate of drug-likeness (QED) is 0.873. The van der Waals surface area contributed by atoms with Crippen molar-refractivity contribution < 1.29 is 17.9 Å². The van der Waals surface area contributed by atoms with E-state index in [4.69, 9.17) is 0 Å². The van der Waals surface area contributed by atoms with E-state index < -0.39 is 6.36 Å². The minimum Gasteiger partial charge on any atom is -0.406 e. The van der Waals surface area contributed by atoms with Crippen LogP contribution in [0.3, 0.4) is 0 Å². The summed E-state index contributed by atoms with van der Waals surface area (Å²) in [7, 11) is 0. The van der Waals surface area contributed by atoms with Gasteiger partial charge in [-0.1, -0.05) is 19.1 Å². The molecule has 6 heteroatoms. The number of ether oxygens (including phenoxy) is 1. The summed E-state index contributed by atoms with van der Waals surface area (Å²) < 4.78 is 40.2. The standard InChI is InChI=1S/C15H21F3N2O/c1-2-20(11-13-4-3-9-19-13)10-12-5-7-14(8-6-12)21-15(16,17)18/h5-8,13,19H,2-4,9-11H2,1H3. The van der Waals surface area contributed by atoms with Gasteiger partial charge in [0.1, 0.15) is 5.75 Å². The van der Waals surface area contributed by atoms with Crippen LogP contribution in [0.5, 0.6) is 5.75 Å². The van der Waals surface area contributed by atoms with Crippen LogP contribution in [0.15, 0.2) is 24.3 Å². The van der Waals surface area contributed by atoms with Crippen LogP contribution in [0, 0.1) is 0 Å². The molecule has 1 saturated heterocycles. The average molecular weight is 302 g/mol. The van der Waals surface area contributed by atoms with Gasteiger partial charge in [-0.3, -0.25) is 4.90 Å². The number of alkyl halides is 3. The van der Waals surface area contributed by atoms with Gasteiger partial charge in [-0.25, -0.2) is 0 Å². The molecule has 1 aliphatic heterocycles. The van der Waals surface area contributed by atoms with Crippen molar-refractivity contribution in [3.05, 3.63) is 29.8 Å². The molecule has 1 atom stereocenters. The first-order valence-corrected chi connectivity index (χ1v) is 7.26. The topological polar surface area (TPSA) is 24.5 Å². The van der Waals surface area contributed by atoms with Crippen LogP contribution in [0.4, 0.5) is 13.2 Å². The Kier molecular flexibility index (Phi) is 5.47. The predicted octanol–water partition coefficient (Wildman–Crippen LogP) is 3.16. The molecular weight excluding hydrogens is 281 g/mol. The molecule has 0 radical (unpaired) electrons. The molecule has 0 aliphatic carbocycles. The molecule has 21 heavy (non-hydrogen) atoms. The van der Waals surface area contributed by atoms with Crippen LogP contribution in [-0.4, -0.2) is 36.9 Å². The summed E-state index contributed by atoms with van der Waals surface area (Å²) in [6.45, 7) is 5.79. The van der Waals surface area contributed by atoms with Gasteiger partial charge in [0.15, 0.2) is 0 Å². The van der Waals surface area contributed by atoms with E-state index in [1.54, 1.807) is 12.1 Å². The van der Waals surface area contributed by atoms with Gasteiger partial charge in [-0.2, -0.15) is 0 Å². The summed E-state index contributed by atoms with van der Waals surface area (Å²) in [6, 6.07) is 6.63. The van der Waals surface area contributed by atoms with Gasteiger partial charge < -0.3 is 10.1 Å². The molecule has 1 fully saturated rings. The zero-order valence-corrected chi connectivity index (χ0v) is 12.1. The first kappa shape index (κ1) is 16.1. The number of hydrogen-bond acceptors (Lipinski definition) is 3. The minimum absolute atomic E-state index is 0.174. The second kappa shape index (κ2) is 7.13. The molecule has 0 amide bonds. The fraction of sp³-hybridized carbons (Fsp3) is 0.600. The van der Waals surface area contributed by atoms with E-state index in [9.17, 15) is 13.2 Å². The number of hydrogen-bond donors (Lipinski definition) is 1. The number of halogens is 3. The highest BCUT2D eigenvalue weighted by atomic mass is 19.4. The maximum absolute atomic E-state index is 12.1. The van der Waals surface area contributed by atoms with Crippen molar-refractivity contribution in [2.45, 2.75) is 38.7 Å². The summed E-state index contributed by atoms with van der Waals surface area (Å²) >= 11 is 0. The summed E-state index contributed by atoms with van der Waals surface area (Å²) in [4.78, 5) is 2.29. The Balaban J connectivity index is 1.88. The molecule has 1 N–H and O–H groups in total. The van der Waals surface area contributed by atoms with E-state index in [1.807, 2.05) is 0 Å². The fourth-order valence-electron chi connectivity index (χ4n) is 2.58. The van der Waals surface area contributed by atoms with Crippen molar-refractivity contribution in [2.75, 3.05) is 19.6 Å². The maximum atomic E-state index is 12.1. The van der Waals surface area contributed by atoms with Crippen LogP contribution in [0.25, 0.3) is 0 Å². The van der Waals surface area contributed by atoms with Crippen molar-refractivity contribution >= 4 is 0 Å². The van der Waals surface area contributed by atoms with Crippen LogP contribution in [0.1, 0.15) is 25.3 Å². The lowest BCUT2D eigenvalue weighted by atomic mass is 10.1. The van der Waals surface area contributed by atoms with Crippen molar-refractivity contribution in [3.63, 3.8) is 0 Å². The lowest BCUT2D eigenvalue weighted by molar-refractivity contribution is -0.274. The van der Waals surface area contributed by atoms with E-state index in [1.165, 1.54) is 25.0 Å². The van der Waals surface area contributed by atoms with Crippen LogP contribution in [-0.2, 0) is 6.54 Å². The van der Waals surface area contributed by atoms with Gasteiger partial charge in [-0.05, 0) is 43.6 Å². The summed E-state index contributed by atoms with van der Waals surface area (Å²) in [5, 5.41) is 3.46. The molecule has 0 saturated carbocycles. The van der Waals surface area contributed by atoms with E-state index in [2.05, 4.69) is 21.9 Å². The Morgan fingerprint density at radius 2 is 2.00 bits per heavy atom. The maximum Gasteiger partial charge on any atom is 0.573 e. The highest BCUT2D eigenvalue weighted by Crippen LogP contribution is 2.23. The monoisotopic (exact) mass is 302 g/mol. The van der Waals surface area contributed by atoms with Crippen LogP contribution < -0.4 is 10.1 Å². The largest absolute Gasteiger partial charge is 0.573 e. The van der Waals surface area contributed by atoms with E-state index in [-0.39, 0.29) is 5.75 Å². The lowest BCUT2D eigenvalue weighted by Crippen LogP contribution is -2.37. The van der Waals surface area contributed by atoms with E-state index in [0.29, 0.717) is 6.04 Å². The molecule has 3 nitrogen and oxygen atoms in total. The molecular formula is C15H21F3N2O. The van der Waals surface area contributed by atoms with Gasteiger partial charge in [0.2, 0.25) is 0 Å². The van der Waals surface area contributed by atoms with Crippen molar-refractivity contribution in [1.82, 2.24) is 10.2 Å². The second-order valence-electron chi connectivity index (χ2n) is 5.31. The Morgan fingerprint density at radius 1 is 1.29 bits per heavy atom. The first-order valence-electron chi connectivity index (χ1n) is 7.26. The third-order valence-electron chi connectivity index (χ3n) is 3.65. The van der Waals surface area contributed by atoms with Gasteiger partial charge in [0, 0.05) is 19.1 Å². The third-order valence-corrected chi connectivity index (χ3v) is 3.65. The highest BCUT2D eigenvalue weighted by molar-refractivity contribution is 5.27. The third kappa shape index (κ3) is 5.55. The van der Waals surface area contributed by atoms with Crippen molar-refractivity contribution in [3.8, 4) is 5.75 Å². The van der Waals surface area contributed by atoms with Gasteiger partial charge in [0.25, 0.3) is 0 Å². The lowest BCUT2D eigenvalue weighted by Gasteiger charge is -2.24. The van der Waals surface area contributed by atoms with Gasteiger partial charge in [-0.15, -0.1) is 13.2 Å². The minimum atomic E-state index is -4.63. The Bertz CT molecular complexity index is 428. The molecule has 1 aromatic carbocycles. The molecule has 1 aromatic rings. The van der Waals surface area contributed by atoms with E-state index in [0.717, 1.165) is 31.7 Å². The molecule has 0 bridgehead atoms. The Hall–Kier alpha value is -1.27. The smallest absolute Gasteiger partial charge is 0.406 e. The first-order chi connectivity index (χ1) is 9.96. The number of rotatable bonds is 6. The molecule has 0 aromatic heterocycles. The summed E-state index contributed by atoms with van der Waals surface area (Å²) in [5.74, 6) is -0.174. The number of nitrogens with one attached hydrogen (secondary N) is 1. The zero-order chi connectivity index (χ0) is 15.3. The van der Waals surface area contributed by atoms with Gasteiger partial charge >= 0.3 is 6.36 Å². The van der Waals surface area contributed by atoms with Crippen LogP contribution >= 0.6 is 0 Å². The van der Waals surface area contributed by atoms with Crippen molar-refractivity contribution in [2.24, 2.45) is 0 Å². The Labute approximate surface area is 123 Å². The predicted molar refractivity (Wildman–Crippen MR) is 75.1 cm³/mol. The molecule has 118 valence electrons. The highest BCUT2D eigenvalue weighted by Gasteiger charge is 2.30. The number of nitrogens with zero attached hydrogens (tertiary/aromatic N) is 1. The SMILES string of the molecule is CCN(Cc1ccc(OC(F)(F)F)cc1)CC1CCCN1. The second-order valence-corrected chi connectivity index (χ2v) is 5.31. The number of likely N-dealkylation sites (N-methyl/N-ethyl adjacent to an activating group) is 1. The van der Waals surface area contributed by atoms with Gasteiger partial charge in [0.05, 0.1) is 0 Å². The van der Waals surface area contributed by atoms with Crippen molar-refractivity contribution in [1.29, 1.82) is 0 Å².